The number of nitrogens with zero attached hydrogens (tertiary/aromatic N) is 1. The molecule has 4 aromatic carbocycles. The van der Waals surface area contributed by atoms with Crippen LogP contribution in [-0.2, 0) is 0 Å². The van der Waals surface area contributed by atoms with Gasteiger partial charge < -0.3 is 17.0 Å². The monoisotopic (exact) mass is 503 g/mol. The number of hydrogen-bond acceptors (Lipinski definition) is 2. The molecule has 0 aromatic heterocycles. The average molecular weight is 504 g/mol. The zero-order chi connectivity index (χ0) is 21.5. The standard InChI is InChI=1S/C27H23NO2P.BrH/c29-28(30)24-20-18-23(19-21-24)11-10-22-31(25-12-4-1-5-13-25,26-14-6-2-7-15-26)27-16-8-3-9-17-27;/h1-21H,22H2;1H/q+1;/p-1. The van der Waals surface area contributed by atoms with Crippen molar-refractivity contribution in [3.05, 3.63) is 137 Å². The lowest BCUT2D eigenvalue weighted by atomic mass is 10.2. The molecule has 5 heteroatoms. The molecular weight excluding hydrogens is 481 g/mol. The van der Waals surface area contributed by atoms with E-state index in [0.29, 0.717) is 0 Å². The van der Waals surface area contributed by atoms with E-state index in [1.165, 1.54) is 15.9 Å². The Bertz CT molecular complexity index is 1070. The number of nitro groups is 1. The van der Waals surface area contributed by atoms with Gasteiger partial charge in [-0.05, 0) is 60.2 Å². The van der Waals surface area contributed by atoms with Crippen LogP contribution in [0.3, 0.4) is 0 Å². The van der Waals surface area contributed by atoms with Crippen LogP contribution in [0.1, 0.15) is 5.56 Å². The second-order valence-electron chi connectivity index (χ2n) is 7.25. The summed E-state index contributed by atoms with van der Waals surface area (Å²) in [6.45, 7) is 0. The van der Waals surface area contributed by atoms with Crippen molar-refractivity contribution < 1.29 is 21.9 Å². The highest BCUT2D eigenvalue weighted by molar-refractivity contribution is 7.95. The van der Waals surface area contributed by atoms with Crippen LogP contribution in [0.15, 0.2) is 121 Å². The van der Waals surface area contributed by atoms with Crippen molar-refractivity contribution in [1.29, 1.82) is 0 Å². The normalized spacial score (nSPS) is 11.1. The quantitative estimate of drug-likeness (QED) is 0.221. The van der Waals surface area contributed by atoms with E-state index in [0.717, 1.165) is 11.7 Å². The molecule has 3 nitrogen and oxygen atoms in total. The fraction of sp³-hybridized carbons (Fsp3) is 0.0370. The van der Waals surface area contributed by atoms with Crippen LogP contribution in [0.5, 0.6) is 0 Å². The maximum absolute atomic E-state index is 10.9. The van der Waals surface area contributed by atoms with E-state index in [9.17, 15) is 10.1 Å². The van der Waals surface area contributed by atoms with Gasteiger partial charge in [0.1, 0.15) is 23.2 Å². The highest BCUT2D eigenvalue weighted by Crippen LogP contribution is 2.55. The molecule has 0 atom stereocenters. The lowest BCUT2D eigenvalue weighted by Crippen LogP contribution is -3.00. The van der Waals surface area contributed by atoms with E-state index in [1.807, 2.05) is 0 Å². The molecule has 4 rings (SSSR count). The largest absolute Gasteiger partial charge is 1.00 e. The Hall–Kier alpha value is -3.07. The number of benzene rings is 4. The first-order valence-corrected chi connectivity index (χ1v) is 12.1. The molecule has 0 aliphatic carbocycles. The summed E-state index contributed by atoms with van der Waals surface area (Å²) in [5.41, 5.74) is 1.06. The van der Waals surface area contributed by atoms with E-state index in [-0.39, 0.29) is 27.6 Å². The molecule has 0 radical (unpaired) electrons. The summed E-state index contributed by atoms with van der Waals surface area (Å²) in [6.07, 6.45) is 5.14. The summed E-state index contributed by atoms with van der Waals surface area (Å²) in [7, 11) is -1.91. The van der Waals surface area contributed by atoms with Crippen molar-refractivity contribution in [3.8, 4) is 0 Å². The van der Waals surface area contributed by atoms with Crippen LogP contribution in [0.2, 0.25) is 0 Å². The van der Waals surface area contributed by atoms with Gasteiger partial charge >= 0.3 is 0 Å². The average Bonchev–Trinajstić information content (AvgIpc) is 2.84. The first kappa shape index (κ1) is 23.6. The second-order valence-corrected chi connectivity index (χ2v) is 10.8. The second kappa shape index (κ2) is 11.0. The molecule has 0 spiro atoms. The molecule has 0 aliphatic heterocycles. The van der Waals surface area contributed by atoms with Crippen LogP contribution < -0.4 is 32.9 Å². The third-order valence-electron chi connectivity index (χ3n) is 5.38. The smallest absolute Gasteiger partial charge is 0.269 e. The molecular formula is C27H23BrNO2P. The van der Waals surface area contributed by atoms with Gasteiger partial charge in [0.05, 0.1) is 11.1 Å². The van der Waals surface area contributed by atoms with Gasteiger partial charge in [0, 0.05) is 12.1 Å². The van der Waals surface area contributed by atoms with Crippen LogP contribution in [0.4, 0.5) is 5.69 Å². The molecule has 0 amide bonds. The van der Waals surface area contributed by atoms with E-state index in [4.69, 9.17) is 0 Å². The SMILES string of the molecule is O=[N+]([O-])c1ccc(C=CC[P+](c2ccccc2)(c2ccccc2)c2ccccc2)cc1.[Br-]. The number of rotatable bonds is 7. The lowest BCUT2D eigenvalue weighted by molar-refractivity contribution is -0.384. The lowest BCUT2D eigenvalue weighted by Gasteiger charge is -2.26. The first-order valence-electron chi connectivity index (χ1n) is 10.2. The molecule has 0 bridgehead atoms. The summed E-state index contributed by atoms with van der Waals surface area (Å²) in [5, 5.41) is 14.9. The summed E-state index contributed by atoms with van der Waals surface area (Å²) in [4.78, 5) is 10.5. The maximum atomic E-state index is 10.9. The molecule has 0 saturated carbocycles. The number of hydrogen-bond donors (Lipinski definition) is 0. The zero-order valence-corrected chi connectivity index (χ0v) is 19.9. The van der Waals surface area contributed by atoms with E-state index >= 15 is 0 Å². The molecule has 0 N–H and O–H groups in total. The Morgan fingerprint density at radius 1 is 0.656 bits per heavy atom. The van der Waals surface area contributed by atoms with Crippen LogP contribution in [0, 0.1) is 10.1 Å². The fourth-order valence-electron chi connectivity index (χ4n) is 3.86. The highest BCUT2D eigenvalue weighted by Gasteiger charge is 2.44. The minimum Gasteiger partial charge on any atom is -1.00 e. The van der Waals surface area contributed by atoms with Crippen LogP contribution in [-0.4, -0.2) is 11.1 Å². The van der Waals surface area contributed by atoms with Gasteiger partial charge in [0.25, 0.3) is 5.69 Å². The minimum absolute atomic E-state index is 0. The molecule has 0 unspecified atom stereocenters. The maximum Gasteiger partial charge on any atom is 0.269 e. The Balaban J connectivity index is 0.00000289. The topological polar surface area (TPSA) is 43.1 Å². The molecule has 32 heavy (non-hydrogen) atoms. The summed E-state index contributed by atoms with van der Waals surface area (Å²) in [6, 6.07) is 38.9. The van der Waals surface area contributed by atoms with Crippen molar-refractivity contribution in [1.82, 2.24) is 0 Å². The van der Waals surface area contributed by atoms with Crippen LogP contribution >= 0.6 is 7.26 Å². The van der Waals surface area contributed by atoms with Gasteiger partial charge in [0.15, 0.2) is 0 Å². The third-order valence-corrected chi connectivity index (χ3v) is 9.68. The number of nitro benzene ring substituents is 1. The van der Waals surface area contributed by atoms with E-state index in [2.05, 4.69) is 103 Å². The van der Waals surface area contributed by atoms with Gasteiger partial charge in [-0.25, -0.2) is 0 Å². The van der Waals surface area contributed by atoms with Gasteiger partial charge in [-0.2, -0.15) is 0 Å². The zero-order valence-electron chi connectivity index (χ0n) is 17.4. The summed E-state index contributed by atoms with van der Waals surface area (Å²) < 4.78 is 0. The minimum atomic E-state index is -1.91. The number of non-ortho nitro benzene ring substituents is 1. The fourth-order valence-corrected chi connectivity index (χ4v) is 7.86. The molecule has 4 aromatic rings. The first-order chi connectivity index (χ1) is 15.2. The van der Waals surface area contributed by atoms with Crippen LogP contribution in [0.25, 0.3) is 6.08 Å². The predicted molar refractivity (Wildman–Crippen MR) is 132 cm³/mol. The molecule has 160 valence electrons. The highest BCUT2D eigenvalue weighted by atomic mass is 79.9. The van der Waals surface area contributed by atoms with Gasteiger partial charge in [-0.1, -0.05) is 60.7 Å². The molecule has 0 saturated heterocycles. The molecule has 0 aliphatic rings. The van der Waals surface area contributed by atoms with Crippen molar-refractivity contribution in [2.45, 2.75) is 0 Å². The Morgan fingerprint density at radius 3 is 1.44 bits per heavy atom. The van der Waals surface area contributed by atoms with Crippen molar-refractivity contribution in [2.24, 2.45) is 0 Å². The van der Waals surface area contributed by atoms with Gasteiger partial charge in [-0.15, -0.1) is 0 Å². The van der Waals surface area contributed by atoms with Crippen molar-refractivity contribution in [2.75, 3.05) is 6.16 Å². The Kier molecular flexibility index (Phi) is 8.10. The third kappa shape index (κ3) is 5.04. The Morgan fingerprint density at radius 2 is 1.06 bits per heavy atom. The summed E-state index contributed by atoms with van der Waals surface area (Å²) >= 11 is 0. The number of halogens is 1. The summed E-state index contributed by atoms with van der Waals surface area (Å²) in [5.74, 6) is 0. The molecule has 0 fully saturated rings. The number of allylic oxidation sites excluding steroid dienone is 1. The van der Waals surface area contributed by atoms with E-state index < -0.39 is 7.26 Å². The predicted octanol–water partition coefficient (Wildman–Crippen LogP) is 2.61. The van der Waals surface area contributed by atoms with Gasteiger partial charge in [0.2, 0.25) is 0 Å². The Labute approximate surface area is 199 Å². The van der Waals surface area contributed by atoms with Crippen molar-refractivity contribution >= 4 is 34.9 Å². The van der Waals surface area contributed by atoms with Gasteiger partial charge in [-0.3, -0.25) is 10.1 Å². The molecule has 0 heterocycles. The van der Waals surface area contributed by atoms with E-state index in [1.54, 1.807) is 24.3 Å². The van der Waals surface area contributed by atoms with Crippen molar-refractivity contribution in [3.63, 3.8) is 0 Å².